The molecule has 4 rings (SSSR count). The zero-order valence-electron chi connectivity index (χ0n) is 16.7. The van der Waals surface area contributed by atoms with E-state index in [9.17, 15) is 12.8 Å². The van der Waals surface area contributed by atoms with E-state index in [0.717, 1.165) is 23.4 Å². The highest BCUT2D eigenvalue weighted by Crippen LogP contribution is 2.24. The first-order chi connectivity index (χ1) is 14.5. The third-order valence-electron chi connectivity index (χ3n) is 5.32. The van der Waals surface area contributed by atoms with E-state index >= 15 is 0 Å². The third-order valence-corrected chi connectivity index (χ3v) is 7.24. The minimum Gasteiger partial charge on any atom is -0.354 e. The van der Waals surface area contributed by atoms with Gasteiger partial charge in [0.2, 0.25) is 10.0 Å². The van der Waals surface area contributed by atoms with Crippen LogP contribution in [0.2, 0.25) is 0 Å². The van der Waals surface area contributed by atoms with E-state index < -0.39 is 10.0 Å². The Hall–Kier alpha value is -2.84. The quantitative estimate of drug-likeness (QED) is 0.626. The fourth-order valence-electron chi connectivity index (χ4n) is 3.50. The zero-order chi connectivity index (χ0) is 21.1. The van der Waals surface area contributed by atoms with Crippen molar-refractivity contribution >= 4 is 15.8 Å². The monoisotopic (exact) mass is 426 g/mol. The van der Waals surface area contributed by atoms with Gasteiger partial charge in [-0.3, -0.25) is 0 Å². The van der Waals surface area contributed by atoms with Gasteiger partial charge in [0.15, 0.2) is 0 Å². The molecular weight excluding hydrogens is 403 g/mol. The Kier molecular flexibility index (Phi) is 5.78. The van der Waals surface area contributed by atoms with E-state index in [2.05, 4.69) is 9.97 Å². The molecule has 156 valence electrons. The van der Waals surface area contributed by atoms with Crippen LogP contribution < -0.4 is 4.90 Å². The van der Waals surface area contributed by atoms with Gasteiger partial charge in [-0.15, -0.1) is 0 Å². The van der Waals surface area contributed by atoms with E-state index in [1.807, 2.05) is 30.0 Å². The average molecular weight is 427 g/mol. The van der Waals surface area contributed by atoms with Gasteiger partial charge in [-0.1, -0.05) is 19.1 Å². The minimum absolute atomic E-state index is 0.297. The van der Waals surface area contributed by atoms with Gasteiger partial charge in [-0.25, -0.2) is 22.8 Å². The molecule has 0 amide bonds. The van der Waals surface area contributed by atoms with Gasteiger partial charge < -0.3 is 4.90 Å². The Bertz CT molecular complexity index is 1110. The zero-order valence-corrected chi connectivity index (χ0v) is 17.5. The van der Waals surface area contributed by atoms with Gasteiger partial charge in [0.25, 0.3) is 0 Å². The number of rotatable bonds is 5. The Balaban J connectivity index is 1.46. The van der Waals surface area contributed by atoms with Crippen LogP contribution in [0.5, 0.6) is 0 Å². The van der Waals surface area contributed by atoms with Gasteiger partial charge in [-0.05, 0) is 48.4 Å². The Morgan fingerprint density at radius 2 is 1.60 bits per heavy atom. The predicted octanol–water partition coefficient (Wildman–Crippen LogP) is 3.36. The van der Waals surface area contributed by atoms with Crippen LogP contribution in [-0.2, 0) is 16.4 Å². The Morgan fingerprint density at radius 3 is 2.23 bits per heavy atom. The molecule has 1 saturated heterocycles. The molecular formula is C22H23FN4O2S. The van der Waals surface area contributed by atoms with Crippen LogP contribution >= 0.6 is 0 Å². The van der Waals surface area contributed by atoms with Crippen molar-refractivity contribution in [1.29, 1.82) is 0 Å². The summed E-state index contributed by atoms with van der Waals surface area (Å²) in [5.74, 6) is 0.434. The number of halogens is 1. The number of piperazine rings is 1. The normalized spacial score (nSPS) is 15.3. The topological polar surface area (TPSA) is 66.4 Å². The van der Waals surface area contributed by atoms with Gasteiger partial charge >= 0.3 is 0 Å². The van der Waals surface area contributed by atoms with Crippen LogP contribution in [0.3, 0.4) is 0 Å². The summed E-state index contributed by atoms with van der Waals surface area (Å²) in [5, 5.41) is 0. The van der Waals surface area contributed by atoms with Crippen LogP contribution in [0.1, 0.15) is 12.5 Å². The molecule has 0 atom stereocenters. The summed E-state index contributed by atoms with van der Waals surface area (Å²) in [5.41, 5.74) is 2.61. The SMILES string of the molecule is CCc1ccc(S(=O)(=O)N2CCN(c3cc(-c4ccc(F)cc4)ncn3)CC2)cc1. The third kappa shape index (κ3) is 4.20. The molecule has 6 nitrogen and oxygen atoms in total. The van der Waals surface area contributed by atoms with Crippen LogP contribution in [0.25, 0.3) is 11.3 Å². The second-order valence-corrected chi connectivity index (χ2v) is 9.09. The number of hydrogen-bond donors (Lipinski definition) is 0. The van der Waals surface area contributed by atoms with Crippen LogP contribution in [0, 0.1) is 5.82 Å². The van der Waals surface area contributed by atoms with Crippen molar-refractivity contribution < 1.29 is 12.8 Å². The highest BCUT2D eigenvalue weighted by atomic mass is 32.2. The Labute approximate surface area is 176 Å². The molecule has 0 aliphatic carbocycles. The second kappa shape index (κ2) is 8.49. The number of benzene rings is 2. The number of hydrogen-bond acceptors (Lipinski definition) is 5. The predicted molar refractivity (Wildman–Crippen MR) is 114 cm³/mol. The molecule has 0 N–H and O–H groups in total. The number of sulfonamides is 1. The molecule has 1 fully saturated rings. The first-order valence-corrected chi connectivity index (χ1v) is 11.3. The molecule has 1 aliphatic heterocycles. The van der Waals surface area contributed by atoms with Crippen molar-refractivity contribution in [1.82, 2.24) is 14.3 Å². The lowest BCUT2D eigenvalue weighted by Gasteiger charge is -2.34. The summed E-state index contributed by atoms with van der Waals surface area (Å²) in [6, 6.07) is 15.1. The van der Waals surface area contributed by atoms with Gasteiger partial charge in [-0.2, -0.15) is 4.31 Å². The standard InChI is InChI=1S/C22H23FN4O2S/c1-2-17-3-9-20(10-4-17)30(28,29)27-13-11-26(12-14-27)22-15-21(24-16-25-22)18-5-7-19(23)8-6-18/h3-10,15-16H,2,11-14H2,1H3. The number of nitrogens with zero attached hydrogens (tertiary/aromatic N) is 4. The molecule has 2 heterocycles. The molecule has 0 saturated carbocycles. The van der Waals surface area contributed by atoms with E-state index in [1.165, 1.54) is 22.8 Å². The molecule has 0 unspecified atom stereocenters. The van der Waals surface area contributed by atoms with Crippen molar-refractivity contribution in [3.8, 4) is 11.3 Å². The van der Waals surface area contributed by atoms with E-state index in [-0.39, 0.29) is 5.82 Å². The van der Waals surface area contributed by atoms with Crippen LogP contribution in [0.15, 0.2) is 65.8 Å². The molecule has 3 aromatic rings. The number of aryl methyl sites for hydroxylation is 1. The second-order valence-electron chi connectivity index (χ2n) is 7.16. The molecule has 1 aliphatic rings. The molecule has 1 aromatic heterocycles. The average Bonchev–Trinajstić information content (AvgIpc) is 2.80. The van der Waals surface area contributed by atoms with Crippen LogP contribution in [0.4, 0.5) is 10.2 Å². The largest absolute Gasteiger partial charge is 0.354 e. The molecule has 0 bridgehead atoms. The maximum Gasteiger partial charge on any atom is 0.243 e. The van der Waals surface area contributed by atoms with Crippen molar-refractivity contribution in [2.45, 2.75) is 18.2 Å². The van der Waals surface area contributed by atoms with Gasteiger partial charge in [0.05, 0.1) is 10.6 Å². The maximum absolute atomic E-state index is 13.2. The number of aromatic nitrogens is 2. The molecule has 8 heteroatoms. The summed E-state index contributed by atoms with van der Waals surface area (Å²) in [6.07, 6.45) is 2.35. The first kappa shape index (κ1) is 20.4. The van der Waals surface area contributed by atoms with Crippen LogP contribution in [-0.4, -0.2) is 48.9 Å². The summed E-state index contributed by atoms with van der Waals surface area (Å²) in [7, 11) is -3.51. The van der Waals surface area contributed by atoms with Crippen molar-refractivity contribution in [2.24, 2.45) is 0 Å². The van der Waals surface area contributed by atoms with Crippen molar-refractivity contribution in [3.05, 3.63) is 72.3 Å². The lowest BCUT2D eigenvalue weighted by atomic mass is 10.1. The van der Waals surface area contributed by atoms with Gasteiger partial charge in [0.1, 0.15) is 18.0 Å². The summed E-state index contributed by atoms with van der Waals surface area (Å²) in [4.78, 5) is 11.0. The number of anilines is 1. The molecule has 0 radical (unpaired) electrons. The highest BCUT2D eigenvalue weighted by molar-refractivity contribution is 7.89. The fraction of sp³-hybridized carbons (Fsp3) is 0.273. The fourth-order valence-corrected chi connectivity index (χ4v) is 4.92. The lowest BCUT2D eigenvalue weighted by molar-refractivity contribution is 0.384. The van der Waals surface area contributed by atoms with Gasteiger partial charge in [0, 0.05) is 37.8 Å². The minimum atomic E-state index is -3.51. The summed E-state index contributed by atoms with van der Waals surface area (Å²) >= 11 is 0. The maximum atomic E-state index is 13.2. The molecule has 2 aromatic carbocycles. The molecule has 0 spiro atoms. The van der Waals surface area contributed by atoms with E-state index in [1.54, 1.807) is 24.3 Å². The summed E-state index contributed by atoms with van der Waals surface area (Å²) < 4.78 is 40.6. The van der Waals surface area contributed by atoms with E-state index in [0.29, 0.717) is 36.8 Å². The van der Waals surface area contributed by atoms with E-state index in [4.69, 9.17) is 0 Å². The smallest absolute Gasteiger partial charge is 0.243 e. The van der Waals surface area contributed by atoms with Crippen molar-refractivity contribution in [2.75, 3.05) is 31.1 Å². The Morgan fingerprint density at radius 1 is 0.933 bits per heavy atom. The molecule has 30 heavy (non-hydrogen) atoms. The van der Waals surface area contributed by atoms with Crippen molar-refractivity contribution in [3.63, 3.8) is 0 Å². The lowest BCUT2D eigenvalue weighted by Crippen LogP contribution is -2.48. The first-order valence-electron chi connectivity index (χ1n) is 9.89. The highest BCUT2D eigenvalue weighted by Gasteiger charge is 2.29. The summed E-state index contributed by atoms with van der Waals surface area (Å²) in [6.45, 7) is 3.87.